The number of furan rings is 1. The van der Waals surface area contributed by atoms with Gasteiger partial charge >= 0.3 is 0 Å². The standard InChI is InChI=1S/C25H23N3O3/c1-2-15-28(18-23-26-27-24(31-23)22-14-9-16-30-22)25(29)21(20-12-7-4-8-13-20)17-19-10-5-3-6-11-19/h3-14,16-17H,2,15,18H2,1H3/b21-17+. The lowest BCUT2D eigenvalue weighted by Gasteiger charge is -2.22. The molecule has 0 fully saturated rings. The maximum Gasteiger partial charge on any atom is 0.283 e. The van der Waals surface area contributed by atoms with Crippen molar-refractivity contribution in [2.45, 2.75) is 19.9 Å². The molecule has 2 aromatic carbocycles. The Morgan fingerprint density at radius 2 is 1.71 bits per heavy atom. The van der Waals surface area contributed by atoms with E-state index in [1.807, 2.05) is 73.7 Å². The Bertz CT molecular complexity index is 1130. The summed E-state index contributed by atoms with van der Waals surface area (Å²) in [5.74, 6) is 1.07. The van der Waals surface area contributed by atoms with Crippen LogP contribution in [-0.2, 0) is 11.3 Å². The molecular weight excluding hydrogens is 390 g/mol. The van der Waals surface area contributed by atoms with Crippen molar-refractivity contribution in [2.24, 2.45) is 0 Å². The number of amides is 1. The zero-order chi connectivity index (χ0) is 21.5. The number of rotatable bonds is 8. The van der Waals surface area contributed by atoms with Gasteiger partial charge in [0, 0.05) is 12.1 Å². The van der Waals surface area contributed by atoms with E-state index < -0.39 is 0 Å². The van der Waals surface area contributed by atoms with Crippen LogP contribution in [0, 0.1) is 0 Å². The molecule has 0 saturated heterocycles. The van der Waals surface area contributed by atoms with E-state index in [0.29, 0.717) is 29.7 Å². The van der Waals surface area contributed by atoms with Crippen molar-refractivity contribution in [3.63, 3.8) is 0 Å². The predicted molar refractivity (Wildman–Crippen MR) is 118 cm³/mol. The average molecular weight is 413 g/mol. The summed E-state index contributed by atoms with van der Waals surface area (Å²) in [7, 11) is 0. The Morgan fingerprint density at radius 1 is 0.968 bits per heavy atom. The van der Waals surface area contributed by atoms with Crippen LogP contribution in [0.1, 0.15) is 30.4 Å². The van der Waals surface area contributed by atoms with E-state index in [4.69, 9.17) is 8.83 Å². The van der Waals surface area contributed by atoms with Crippen LogP contribution in [0.3, 0.4) is 0 Å². The third-order valence-corrected chi connectivity index (χ3v) is 4.73. The Kier molecular flexibility index (Phi) is 6.38. The molecule has 6 heteroatoms. The van der Waals surface area contributed by atoms with Gasteiger partial charge in [0.2, 0.25) is 5.89 Å². The second kappa shape index (κ2) is 9.71. The molecule has 0 unspecified atom stereocenters. The second-order valence-electron chi connectivity index (χ2n) is 7.04. The first-order valence-electron chi connectivity index (χ1n) is 10.2. The van der Waals surface area contributed by atoms with E-state index in [0.717, 1.165) is 17.5 Å². The molecule has 0 saturated carbocycles. The number of hydrogen-bond donors (Lipinski definition) is 0. The van der Waals surface area contributed by atoms with Crippen LogP contribution in [0.15, 0.2) is 87.9 Å². The third kappa shape index (κ3) is 4.98. The topological polar surface area (TPSA) is 72.4 Å². The van der Waals surface area contributed by atoms with Crippen LogP contribution in [0.25, 0.3) is 23.3 Å². The highest BCUT2D eigenvalue weighted by Crippen LogP contribution is 2.23. The molecule has 0 aliphatic carbocycles. The minimum atomic E-state index is -0.0883. The first-order chi connectivity index (χ1) is 15.2. The van der Waals surface area contributed by atoms with E-state index in [1.54, 1.807) is 23.3 Å². The van der Waals surface area contributed by atoms with Gasteiger partial charge in [-0.05, 0) is 35.8 Å². The highest BCUT2D eigenvalue weighted by molar-refractivity contribution is 6.24. The monoisotopic (exact) mass is 413 g/mol. The summed E-state index contributed by atoms with van der Waals surface area (Å²) in [6.07, 6.45) is 4.27. The SMILES string of the molecule is CCCN(Cc1nnc(-c2ccco2)o1)C(=O)/C(=C/c1ccccc1)c1ccccc1. The van der Waals surface area contributed by atoms with E-state index in [-0.39, 0.29) is 12.5 Å². The zero-order valence-electron chi connectivity index (χ0n) is 17.3. The van der Waals surface area contributed by atoms with Gasteiger partial charge in [0.25, 0.3) is 11.8 Å². The highest BCUT2D eigenvalue weighted by Gasteiger charge is 2.22. The molecule has 0 aliphatic heterocycles. The van der Waals surface area contributed by atoms with Crippen LogP contribution in [0.2, 0.25) is 0 Å². The van der Waals surface area contributed by atoms with E-state index in [9.17, 15) is 4.79 Å². The fourth-order valence-electron chi connectivity index (χ4n) is 3.28. The van der Waals surface area contributed by atoms with Crippen LogP contribution in [0.4, 0.5) is 0 Å². The molecule has 0 N–H and O–H groups in total. The van der Waals surface area contributed by atoms with Gasteiger partial charge in [0.1, 0.15) is 0 Å². The lowest BCUT2D eigenvalue weighted by molar-refractivity contribution is -0.125. The van der Waals surface area contributed by atoms with Crippen molar-refractivity contribution in [3.05, 3.63) is 96.1 Å². The van der Waals surface area contributed by atoms with E-state index in [1.165, 1.54) is 0 Å². The van der Waals surface area contributed by atoms with Crippen LogP contribution in [-0.4, -0.2) is 27.5 Å². The molecule has 0 radical (unpaired) electrons. The van der Waals surface area contributed by atoms with Crippen LogP contribution in [0.5, 0.6) is 0 Å². The maximum absolute atomic E-state index is 13.6. The molecule has 0 aliphatic rings. The molecular formula is C25H23N3O3. The molecule has 1 amide bonds. The summed E-state index contributed by atoms with van der Waals surface area (Å²) in [4.78, 5) is 15.4. The molecule has 6 nitrogen and oxygen atoms in total. The summed E-state index contributed by atoms with van der Waals surface area (Å²) in [5, 5.41) is 8.14. The quantitative estimate of drug-likeness (QED) is 0.289. The van der Waals surface area contributed by atoms with Crippen molar-refractivity contribution in [3.8, 4) is 11.7 Å². The van der Waals surface area contributed by atoms with E-state index in [2.05, 4.69) is 10.2 Å². The smallest absolute Gasteiger partial charge is 0.283 e. The number of nitrogens with zero attached hydrogens (tertiary/aromatic N) is 3. The normalized spacial score (nSPS) is 11.5. The maximum atomic E-state index is 13.6. The van der Waals surface area contributed by atoms with Gasteiger partial charge in [0.15, 0.2) is 5.76 Å². The van der Waals surface area contributed by atoms with Gasteiger partial charge < -0.3 is 13.7 Å². The fraction of sp³-hybridized carbons (Fsp3) is 0.160. The van der Waals surface area contributed by atoms with Gasteiger partial charge in [-0.15, -0.1) is 10.2 Å². The number of aromatic nitrogens is 2. The summed E-state index contributed by atoms with van der Waals surface area (Å²) in [5.41, 5.74) is 2.44. The number of carbonyl (C=O) groups excluding carboxylic acids is 1. The molecule has 156 valence electrons. The lowest BCUT2D eigenvalue weighted by Crippen LogP contribution is -2.32. The van der Waals surface area contributed by atoms with Crippen molar-refractivity contribution in [2.75, 3.05) is 6.54 Å². The Hall–Kier alpha value is -3.93. The number of carbonyl (C=O) groups is 1. The molecule has 31 heavy (non-hydrogen) atoms. The van der Waals surface area contributed by atoms with Crippen molar-refractivity contribution < 1.29 is 13.6 Å². The average Bonchev–Trinajstić information content (AvgIpc) is 3.50. The van der Waals surface area contributed by atoms with Crippen molar-refractivity contribution in [1.82, 2.24) is 15.1 Å². The molecule has 0 atom stereocenters. The first kappa shape index (κ1) is 20.3. The van der Waals surface area contributed by atoms with Gasteiger partial charge in [-0.3, -0.25) is 4.79 Å². The number of hydrogen-bond acceptors (Lipinski definition) is 5. The highest BCUT2D eigenvalue weighted by atomic mass is 16.4. The summed E-state index contributed by atoms with van der Waals surface area (Å²) >= 11 is 0. The van der Waals surface area contributed by atoms with Crippen LogP contribution < -0.4 is 0 Å². The Labute approximate surface area is 180 Å². The molecule has 4 aromatic rings. The zero-order valence-corrected chi connectivity index (χ0v) is 17.3. The second-order valence-corrected chi connectivity index (χ2v) is 7.04. The molecule has 2 aromatic heterocycles. The van der Waals surface area contributed by atoms with Gasteiger partial charge in [-0.2, -0.15) is 0 Å². The molecule has 0 spiro atoms. The van der Waals surface area contributed by atoms with E-state index >= 15 is 0 Å². The van der Waals surface area contributed by atoms with Gasteiger partial charge in [-0.25, -0.2) is 0 Å². The largest absolute Gasteiger partial charge is 0.459 e. The molecule has 2 heterocycles. The van der Waals surface area contributed by atoms with Crippen LogP contribution >= 0.6 is 0 Å². The minimum absolute atomic E-state index is 0.0883. The Morgan fingerprint density at radius 3 is 2.39 bits per heavy atom. The van der Waals surface area contributed by atoms with Gasteiger partial charge in [-0.1, -0.05) is 67.6 Å². The summed E-state index contributed by atoms with van der Waals surface area (Å²) < 4.78 is 11.0. The third-order valence-electron chi connectivity index (χ3n) is 4.73. The molecule has 4 rings (SSSR count). The first-order valence-corrected chi connectivity index (χ1v) is 10.2. The minimum Gasteiger partial charge on any atom is -0.459 e. The number of benzene rings is 2. The lowest BCUT2D eigenvalue weighted by atomic mass is 10.0. The predicted octanol–water partition coefficient (Wildman–Crippen LogP) is 5.31. The fourth-order valence-corrected chi connectivity index (χ4v) is 3.28. The summed E-state index contributed by atoms with van der Waals surface area (Å²) in [6.45, 7) is 2.82. The van der Waals surface area contributed by atoms with Crippen molar-refractivity contribution in [1.29, 1.82) is 0 Å². The van der Waals surface area contributed by atoms with Crippen molar-refractivity contribution >= 4 is 17.6 Å². The Balaban J connectivity index is 1.63. The summed E-state index contributed by atoms with van der Waals surface area (Å²) in [6, 6.07) is 23.0. The van der Waals surface area contributed by atoms with Gasteiger partial charge in [0.05, 0.1) is 12.8 Å². The molecule has 0 bridgehead atoms.